The summed E-state index contributed by atoms with van der Waals surface area (Å²) in [5.41, 5.74) is -0.132. The van der Waals surface area contributed by atoms with Gasteiger partial charge in [0, 0.05) is 11.1 Å². The maximum Gasteiger partial charge on any atom is 0.328 e. The SMILES string of the molecule is CCCCS(=O)(=O)ON=C(C#N)c1ccc(C(C#N)=NO[SH](=O)=O)cc1. The van der Waals surface area contributed by atoms with E-state index in [1.54, 1.807) is 12.1 Å². The molecule has 0 saturated heterocycles. The lowest BCUT2D eigenvalue weighted by Crippen LogP contribution is -2.09. The van der Waals surface area contributed by atoms with Crippen LogP contribution < -0.4 is 0 Å². The minimum absolute atomic E-state index is 0.214. The maximum absolute atomic E-state index is 11.6. The van der Waals surface area contributed by atoms with Gasteiger partial charge in [-0.1, -0.05) is 47.9 Å². The van der Waals surface area contributed by atoms with E-state index in [9.17, 15) is 16.8 Å². The molecule has 138 valence electrons. The van der Waals surface area contributed by atoms with E-state index in [1.807, 2.05) is 6.92 Å². The molecular formula is C14H14N4O6S2. The van der Waals surface area contributed by atoms with Gasteiger partial charge in [0.25, 0.3) is 0 Å². The second kappa shape index (κ2) is 10.1. The van der Waals surface area contributed by atoms with Crippen molar-refractivity contribution in [3.05, 3.63) is 35.4 Å². The van der Waals surface area contributed by atoms with Gasteiger partial charge in [-0.25, -0.2) is 0 Å². The highest BCUT2D eigenvalue weighted by Gasteiger charge is 2.13. The minimum Gasteiger partial charge on any atom is -0.269 e. The van der Waals surface area contributed by atoms with Crippen molar-refractivity contribution >= 4 is 32.5 Å². The van der Waals surface area contributed by atoms with Gasteiger partial charge in [0.15, 0.2) is 11.4 Å². The Morgan fingerprint density at radius 2 is 1.58 bits per heavy atom. The predicted molar refractivity (Wildman–Crippen MR) is 91.9 cm³/mol. The fourth-order valence-corrected chi connectivity index (χ4v) is 2.64. The molecule has 0 radical (unpaired) electrons. The molecular weight excluding hydrogens is 384 g/mol. The molecule has 0 saturated carbocycles. The van der Waals surface area contributed by atoms with E-state index in [4.69, 9.17) is 10.5 Å². The molecule has 1 aromatic carbocycles. The quantitative estimate of drug-likeness (QED) is 0.364. The number of nitriles is 2. The third kappa shape index (κ3) is 6.88. The minimum atomic E-state index is -3.87. The third-order valence-corrected chi connectivity index (χ3v) is 4.14. The van der Waals surface area contributed by atoms with Crippen LogP contribution in [0.25, 0.3) is 0 Å². The highest BCUT2D eigenvalue weighted by molar-refractivity contribution is 7.86. The summed E-state index contributed by atoms with van der Waals surface area (Å²) in [6.07, 6.45) is 1.06. The summed E-state index contributed by atoms with van der Waals surface area (Å²) in [4.78, 5) is 0. The van der Waals surface area contributed by atoms with E-state index in [-0.39, 0.29) is 28.3 Å². The molecule has 0 N–H and O–H groups in total. The average molecular weight is 398 g/mol. The molecule has 1 aromatic rings. The Morgan fingerprint density at radius 1 is 1.08 bits per heavy atom. The highest BCUT2D eigenvalue weighted by atomic mass is 32.2. The van der Waals surface area contributed by atoms with Crippen LogP contribution in [0.15, 0.2) is 34.6 Å². The molecule has 0 aliphatic rings. The Kier molecular flexibility index (Phi) is 8.21. The van der Waals surface area contributed by atoms with Crippen molar-refractivity contribution in [2.75, 3.05) is 5.75 Å². The number of thiol groups is 1. The molecule has 0 bridgehead atoms. The molecule has 1 rings (SSSR count). The number of nitrogens with zero attached hydrogens (tertiary/aromatic N) is 4. The average Bonchev–Trinajstić information content (AvgIpc) is 2.62. The lowest BCUT2D eigenvalue weighted by atomic mass is 10.1. The number of hydrogen-bond acceptors (Lipinski definition) is 10. The summed E-state index contributed by atoms with van der Waals surface area (Å²) >= 11 is 0. The van der Waals surface area contributed by atoms with E-state index in [0.717, 1.165) is 0 Å². The van der Waals surface area contributed by atoms with E-state index < -0.39 is 21.1 Å². The van der Waals surface area contributed by atoms with Crippen LogP contribution in [0.1, 0.15) is 30.9 Å². The first-order valence-corrected chi connectivity index (χ1v) is 9.80. The summed E-state index contributed by atoms with van der Waals surface area (Å²) in [7, 11) is -7.12. The molecule has 0 fully saturated rings. The first kappa shape index (κ1) is 21.1. The van der Waals surface area contributed by atoms with Crippen LogP contribution in [-0.2, 0) is 29.7 Å². The van der Waals surface area contributed by atoms with E-state index in [1.165, 1.54) is 24.3 Å². The Morgan fingerprint density at radius 3 is 2.00 bits per heavy atom. The lowest BCUT2D eigenvalue weighted by Gasteiger charge is -2.02. The van der Waals surface area contributed by atoms with Crippen LogP contribution in [0.5, 0.6) is 0 Å². The molecule has 26 heavy (non-hydrogen) atoms. The Hall–Kier alpha value is -2.96. The summed E-state index contributed by atoms with van der Waals surface area (Å²) < 4.78 is 52.4. The van der Waals surface area contributed by atoms with Crippen LogP contribution in [-0.4, -0.2) is 34.0 Å². The lowest BCUT2D eigenvalue weighted by molar-refractivity contribution is 0.339. The normalized spacial score (nSPS) is 12.3. The van der Waals surface area contributed by atoms with Gasteiger partial charge >= 0.3 is 21.1 Å². The van der Waals surface area contributed by atoms with Crippen molar-refractivity contribution in [3.8, 4) is 12.1 Å². The summed E-state index contributed by atoms with van der Waals surface area (Å²) in [6.45, 7) is 1.82. The second-order valence-electron chi connectivity index (χ2n) is 4.68. The van der Waals surface area contributed by atoms with Crippen LogP contribution >= 0.6 is 0 Å². The number of rotatable bonds is 9. The Labute approximate surface area is 152 Å². The molecule has 12 heteroatoms. The monoisotopic (exact) mass is 398 g/mol. The number of benzene rings is 1. The molecule has 0 aliphatic carbocycles. The van der Waals surface area contributed by atoms with Crippen molar-refractivity contribution in [1.29, 1.82) is 10.5 Å². The predicted octanol–water partition coefficient (Wildman–Crippen LogP) is 0.831. The van der Waals surface area contributed by atoms with Crippen LogP contribution in [0, 0.1) is 22.7 Å². The summed E-state index contributed by atoms with van der Waals surface area (Å²) in [5.74, 6) is -0.214. The molecule has 0 unspecified atom stereocenters. The van der Waals surface area contributed by atoms with Crippen molar-refractivity contribution in [1.82, 2.24) is 0 Å². The van der Waals surface area contributed by atoms with Gasteiger partial charge in [0.2, 0.25) is 0 Å². The first-order valence-electron chi connectivity index (χ1n) is 7.12. The zero-order valence-corrected chi connectivity index (χ0v) is 15.2. The van der Waals surface area contributed by atoms with Gasteiger partial charge in [-0.3, -0.25) is 8.57 Å². The first-order chi connectivity index (χ1) is 12.3. The topological polar surface area (TPSA) is 159 Å². The number of oxime groups is 2. The van der Waals surface area contributed by atoms with Gasteiger partial charge < -0.3 is 0 Å². The largest absolute Gasteiger partial charge is 0.328 e. The molecule has 0 spiro atoms. The zero-order chi connectivity index (χ0) is 19.6. The molecule has 10 nitrogen and oxygen atoms in total. The van der Waals surface area contributed by atoms with Crippen molar-refractivity contribution in [3.63, 3.8) is 0 Å². The van der Waals surface area contributed by atoms with Crippen molar-refractivity contribution < 1.29 is 25.4 Å². The van der Waals surface area contributed by atoms with E-state index in [0.29, 0.717) is 12.8 Å². The summed E-state index contributed by atoms with van der Waals surface area (Å²) in [5, 5.41) is 24.6. The maximum atomic E-state index is 11.6. The van der Waals surface area contributed by atoms with Crippen molar-refractivity contribution in [2.24, 2.45) is 10.3 Å². The van der Waals surface area contributed by atoms with Crippen LogP contribution in [0.2, 0.25) is 0 Å². The van der Waals surface area contributed by atoms with E-state index in [2.05, 4.69) is 18.9 Å². The van der Waals surface area contributed by atoms with E-state index >= 15 is 0 Å². The molecule has 0 amide bonds. The van der Waals surface area contributed by atoms with Gasteiger partial charge in [-0.15, -0.1) is 0 Å². The van der Waals surface area contributed by atoms with Crippen LogP contribution in [0.4, 0.5) is 0 Å². The molecule has 0 aliphatic heterocycles. The molecule has 0 heterocycles. The van der Waals surface area contributed by atoms with Crippen LogP contribution in [0.3, 0.4) is 0 Å². The third-order valence-electron chi connectivity index (χ3n) is 2.83. The molecule has 0 atom stereocenters. The van der Waals surface area contributed by atoms with Gasteiger partial charge in [-0.2, -0.15) is 27.4 Å². The number of hydrogen-bond donors (Lipinski definition) is 1. The van der Waals surface area contributed by atoms with Gasteiger partial charge in [0.1, 0.15) is 12.1 Å². The molecule has 0 aromatic heterocycles. The fourth-order valence-electron chi connectivity index (χ4n) is 1.59. The zero-order valence-electron chi connectivity index (χ0n) is 13.5. The smallest absolute Gasteiger partial charge is 0.269 e. The van der Waals surface area contributed by atoms with Gasteiger partial charge in [0.05, 0.1) is 5.75 Å². The fraction of sp³-hybridized carbons (Fsp3) is 0.286. The van der Waals surface area contributed by atoms with Crippen molar-refractivity contribution in [2.45, 2.75) is 19.8 Å². The Balaban J connectivity index is 3.01. The summed E-state index contributed by atoms with van der Waals surface area (Å²) in [6, 6.07) is 8.82. The second-order valence-corrected chi connectivity index (χ2v) is 6.96. The Bertz CT molecular complexity index is 943. The number of unbranched alkanes of at least 4 members (excludes halogenated alkanes) is 1. The highest BCUT2D eigenvalue weighted by Crippen LogP contribution is 2.09. The standard InChI is InChI=1S/C14H14N4O6S2/c1-2-3-8-26(21,22)24-18-14(10-16)12-6-4-11(5-7-12)13(9-15)17-23-25(19)20/h4-7,25H,2-3,8H2,1H3. The van der Waals surface area contributed by atoms with Gasteiger partial charge in [-0.05, 0) is 6.42 Å².